The van der Waals surface area contributed by atoms with Gasteiger partial charge in [0.05, 0.1) is 11.7 Å². The molecule has 0 radical (unpaired) electrons. The first-order valence-electron chi connectivity index (χ1n) is 9.75. The summed E-state index contributed by atoms with van der Waals surface area (Å²) in [5.41, 5.74) is 9.37. The van der Waals surface area contributed by atoms with Crippen LogP contribution in [0.5, 0.6) is 0 Å². The largest absolute Gasteiger partial charge is 0.363 e. The number of primary amides is 1. The number of rotatable bonds is 8. The molecule has 0 saturated carbocycles. The van der Waals surface area contributed by atoms with E-state index < -0.39 is 23.6 Å². The van der Waals surface area contributed by atoms with Crippen molar-refractivity contribution in [2.45, 2.75) is 12.5 Å². The van der Waals surface area contributed by atoms with Crippen molar-refractivity contribution >= 4 is 28.9 Å². The fourth-order valence-electron chi connectivity index (χ4n) is 3.23. The minimum Gasteiger partial charge on any atom is -0.363 e. The third-order valence-corrected chi connectivity index (χ3v) is 5.62. The fourth-order valence-corrected chi connectivity index (χ4v) is 3.91. The molecule has 160 valence electrons. The number of thiazole rings is 1. The summed E-state index contributed by atoms with van der Waals surface area (Å²) < 4.78 is 1.51. The van der Waals surface area contributed by atoms with Gasteiger partial charge in [-0.15, -0.1) is 11.3 Å². The van der Waals surface area contributed by atoms with E-state index in [9.17, 15) is 14.4 Å². The molecule has 2 heterocycles. The summed E-state index contributed by atoms with van der Waals surface area (Å²) in [5, 5.41) is 6.97. The zero-order valence-corrected chi connectivity index (χ0v) is 17.7. The number of benzene rings is 2. The molecule has 0 saturated heterocycles. The molecule has 2 amide bonds. The number of carbonyl (C=O) groups is 3. The van der Waals surface area contributed by atoms with Gasteiger partial charge >= 0.3 is 0 Å². The molecule has 9 heteroatoms. The molecule has 2 aromatic heterocycles. The lowest BCUT2D eigenvalue weighted by Crippen LogP contribution is -2.47. The molecule has 8 nitrogen and oxygen atoms in total. The average molecular weight is 446 g/mol. The Labute approximate surface area is 187 Å². The number of amides is 2. The molecule has 1 atom stereocenters. The maximum atomic E-state index is 13.0. The van der Waals surface area contributed by atoms with Gasteiger partial charge in [0.1, 0.15) is 10.9 Å². The minimum absolute atomic E-state index is 0.141. The van der Waals surface area contributed by atoms with Gasteiger partial charge in [0, 0.05) is 18.2 Å². The molecule has 0 spiro atoms. The SMILES string of the molecule is NC(=O)C(=O)C(Cc1ccccc1)NC(=O)c1scnc1-n1cc(-c2ccccc2)cn1. The van der Waals surface area contributed by atoms with Gasteiger partial charge in [-0.2, -0.15) is 5.10 Å². The predicted octanol–water partition coefficient (Wildman–Crippen LogP) is 2.39. The van der Waals surface area contributed by atoms with Gasteiger partial charge in [0.2, 0.25) is 5.78 Å². The van der Waals surface area contributed by atoms with Gasteiger partial charge in [-0.1, -0.05) is 60.7 Å². The van der Waals surface area contributed by atoms with Crippen molar-refractivity contribution in [3.8, 4) is 16.9 Å². The van der Waals surface area contributed by atoms with Crippen molar-refractivity contribution in [1.29, 1.82) is 0 Å². The Morgan fingerprint density at radius 2 is 1.69 bits per heavy atom. The Kier molecular flexibility index (Phi) is 6.18. The molecule has 0 fully saturated rings. The van der Waals surface area contributed by atoms with Crippen LogP contribution in [0.2, 0.25) is 0 Å². The number of carbonyl (C=O) groups excluding carboxylic acids is 3. The van der Waals surface area contributed by atoms with Crippen molar-refractivity contribution in [1.82, 2.24) is 20.1 Å². The topological polar surface area (TPSA) is 120 Å². The van der Waals surface area contributed by atoms with E-state index in [1.165, 1.54) is 10.2 Å². The molecule has 4 rings (SSSR count). The van der Waals surface area contributed by atoms with Crippen LogP contribution in [0.25, 0.3) is 16.9 Å². The van der Waals surface area contributed by atoms with Crippen molar-refractivity contribution in [2.75, 3.05) is 0 Å². The Morgan fingerprint density at radius 1 is 1.00 bits per heavy atom. The van der Waals surface area contributed by atoms with Gasteiger partial charge in [-0.05, 0) is 11.1 Å². The number of nitrogens with one attached hydrogen (secondary N) is 1. The second-order valence-electron chi connectivity index (χ2n) is 6.99. The molecule has 32 heavy (non-hydrogen) atoms. The maximum absolute atomic E-state index is 13.0. The van der Waals surface area contributed by atoms with Crippen LogP contribution in [-0.2, 0) is 16.0 Å². The molecule has 0 aliphatic carbocycles. The zero-order valence-electron chi connectivity index (χ0n) is 16.8. The van der Waals surface area contributed by atoms with E-state index in [0.717, 1.165) is 28.0 Å². The summed E-state index contributed by atoms with van der Waals surface area (Å²) >= 11 is 1.11. The molecule has 3 N–H and O–H groups in total. The first kappa shape index (κ1) is 21.1. The normalized spacial score (nSPS) is 11.6. The van der Waals surface area contributed by atoms with Crippen LogP contribution >= 0.6 is 11.3 Å². The number of aromatic nitrogens is 3. The van der Waals surface area contributed by atoms with Crippen molar-refractivity contribution in [3.63, 3.8) is 0 Å². The number of hydrogen-bond acceptors (Lipinski definition) is 6. The summed E-state index contributed by atoms with van der Waals surface area (Å²) in [6.07, 6.45) is 3.60. The van der Waals surface area contributed by atoms with Gasteiger partial charge in [-0.25, -0.2) is 9.67 Å². The lowest BCUT2D eigenvalue weighted by atomic mass is 10.0. The van der Waals surface area contributed by atoms with Crippen LogP contribution < -0.4 is 11.1 Å². The first-order valence-corrected chi connectivity index (χ1v) is 10.6. The van der Waals surface area contributed by atoms with Gasteiger partial charge < -0.3 is 11.1 Å². The number of nitrogens with two attached hydrogens (primary N) is 1. The van der Waals surface area contributed by atoms with Crippen LogP contribution in [0.15, 0.2) is 78.6 Å². The molecule has 4 aromatic rings. The van der Waals surface area contributed by atoms with E-state index in [4.69, 9.17) is 5.73 Å². The number of hydrogen-bond donors (Lipinski definition) is 2. The van der Waals surface area contributed by atoms with Gasteiger partial charge in [0.25, 0.3) is 11.8 Å². The highest BCUT2D eigenvalue weighted by atomic mass is 32.1. The Balaban J connectivity index is 1.57. The van der Waals surface area contributed by atoms with Crippen LogP contribution in [0.3, 0.4) is 0 Å². The van der Waals surface area contributed by atoms with E-state index >= 15 is 0 Å². The smallest absolute Gasteiger partial charge is 0.287 e. The van der Waals surface area contributed by atoms with Crippen molar-refractivity contribution < 1.29 is 14.4 Å². The van der Waals surface area contributed by atoms with Crippen LogP contribution in [0, 0.1) is 0 Å². The molecular formula is C23H19N5O3S. The molecule has 2 aromatic carbocycles. The predicted molar refractivity (Wildman–Crippen MR) is 120 cm³/mol. The second-order valence-corrected chi connectivity index (χ2v) is 7.84. The molecular weight excluding hydrogens is 426 g/mol. The Bertz CT molecular complexity index is 1250. The summed E-state index contributed by atoms with van der Waals surface area (Å²) in [6, 6.07) is 17.7. The third kappa shape index (κ3) is 4.62. The van der Waals surface area contributed by atoms with Crippen LogP contribution in [-0.4, -0.2) is 38.4 Å². The molecule has 0 aliphatic heterocycles. The summed E-state index contributed by atoms with van der Waals surface area (Å²) in [5.74, 6) is -2.16. The number of Topliss-reactive ketones (excluding diaryl/α,β-unsaturated/α-hetero) is 1. The lowest BCUT2D eigenvalue weighted by Gasteiger charge is -2.16. The van der Waals surface area contributed by atoms with Crippen LogP contribution in [0.1, 0.15) is 15.2 Å². The average Bonchev–Trinajstić information content (AvgIpc) is 3.49. The number of ketones is 1. The highest BCUT2D eigenvalue weighted by Crippen LogP contribution is 2.22. The molecule has 0 bridgehead atoms. The monoisotopic (exact) mass is 445 g/mol. The fraction of sp³-hybridized carbons (Fsp3) is 0.0870. The third-order valence-electron chi connectivity index (χ3n) is 4.81. The van der Waals surface area contributed by atoms with Crippen molar-refractivity contribution in [2.24, 2.45) is 5.73 Å². The minimum atomic E-state index is -1.10. The molecule has 1 unspecified atom stereocenters. The maximum Gasteiger partial charge on any atom is 0.287 e. The van der Waals surface area contributed by atoms with E-state index in [2.05, 4.69) is 15.4 Å². The summed E-state index contributed by atoms with van der Waals surface area (Å²) in [4.78, 5) is 41.4. The zero-order chi connectivity index (χ0) is 22.5. The van der Waals surface area contributed by atoms with E-state index in [-0.39, 0.29) is 11.3 Å². The second kappa shape index (κ2) is 9.36. The van der Waals surface area contributed by atoms with E-state index in [0.29, 0.717) is 5.82 Å². The Morgan fingerprint density at radius 3 is 2.38 bits per heavy atom. The van der Waals surface area contributed by atoms with Gasteiger partial charge in [0.15, 0.2) is 5.82 Å². The van der Waals surface area contributed by atoms with E-state index in [1.807, 2.05) is 48.5 Å². The highest BCUT2D eigenvalue weighted by Gasteiger charge is 2.28. The van der Waals surface area contributed by atoms with Crippen molar-refractivity contribution in [3.05, 3.63) is 89.0 Å². The Hall–Kier alpha value is -4.11. The first-order chi connectivity index (χ1) is 15.5. The molecule has 0 aliphatic rings. The van der Waals surface area contributed by atoms with E-state index in [1.54, 1.807) is 24.5 Å². The summed E-state index contributed by atoms with van der Waals surface area (Å²) in [6.45, 7) is 0. The van der Waals surface area contributed by atoms with Crippen LogP contribution in [0.4, 0.5) is 0 Å². The van der Waals surface area contributed by atoms with Gasteiger partial charge in [-0.3, -0.25) is 14.4 Å². The lowest BCUT2D eigenvalue weighted by molar-refractivity contribution is -0.137. The number of nitrogens with zero attached hydrogens (tertiary/aromatic N) is 3. The quantitative estimate of drug-likeness (QED) is 0.404. The standard InChI is InChI=1S/C23H19N5O3S/c24-21(30)19(29)18(11-15-7-3-1-4-8-15)27-23(31)20-22(25-14-32-20)28-13-17(12-26-28)16-9-5-2-6-10-16/h1-10,12-14,18H,11H2,(H2,24,30)(H,27,31). The highest BCUT2D eigenvalue weighted by molar-refractivity contribution is 7.12. The summed E-state index contributed by atoms with van der Waals surface area (Å²) in [7, 11) is 0.